The minimum Gasteiger partial charge on any atom is -0.334 e. The number of hydrogen-bond donors (Lipinski definition) is 1. The van der Waals surface area contributed by atoms with Gasteiger partial charge in [0.1, 0.15) is 5.82 Å². The molecular weight excluding hydrogens is 371 g/mol. The quantitative estimate of drug-likeness (QED) is 0.552. The van der Waals surface area contributed by atoms with Gasteiger partial charge in [-0.05, 0) is 60.7 Å². The van der Waals surface area contributed by atoms with Crippen LogP contribution in [0.1, 0.15) is 15.9 Å². The van der Waals surface area contributed by atoms with Gasteiger partial charge in [-0.3, -0.25) is 4.79 Å². The monoisotopic (exact) mass is 384 g/mol. The Kier molecular flexibility index (Phi) is 4.82. The number of aromatic nitrogens is 2. The molecule has 0 fully saturated rings. The Hall–Kier alpha value is -4.31. The number of carbonyl (C=O) groups excluding carboxylic acids is 1. The van der Waals surface area contributed by atoms with E-state index in [9.17, 15) is 9.18 Å². The van der Waals surface area contributed by atoms with E-state index in [1.165, 1.54) is 12.1 Å². The number of hydrogen-bond acceptors (Lipinski definition) is 5. The summed E-state index contributed by atoms with van der Waals surface area (Å²) in [4.78, 5) is 16.7. The fourth-order valence-electron chi connectivity index (χ4n) is 2.68. The van der Waals surface area contributed by atoms with Gasteiger partial charge in [0, 0.05) is 22.4 Å². The zero-order valence-electron chi connectivity index (χ0n) is 15.0. The molecule has 0 atom stereocenters. The maximum atomic E-state index is 13.4. The van der Waals surface area contributed by atoms with E-state index < -0.39 is 0 Å². The van der Waals surface area contributed by atoms with Crippen LogP contribution >= 0.6 is 0 Å². The molecule has 0 unspecified atom stereocenters. The molecule has 1 heterocycles. The van der Waals surface area contributed by atoms with Crippen LogP contribution in [0.3, 0.4) is 0 Å². The van der Waals surface area contributed by atoms with Gasteiger partial charge in [0.15, 0.2) is 0 Å². The minimum atomic E-state index is -0.383. The fraction of sp³-hybridized carbons (Fsp3) is 0. The van der Waals surface area contributed by atoms with Crippen LogP contribution in [0.15, 0.2) is 77.3 Å². The van der Waals surface area contributed by atoms with Crippen molar-refractivity contribution in [1.29, 1.82) is 5.26 Å². The number of nitriles is 1. The van der Waals surface area contributed by atoms with Crippen LogP contribution in [-0.2, 0) is 0 Å². The fourth-order valence-corrected chi connectivity index (χ4v) is 2.68. The van der Waals surface area contributed by atoms with Crippen LogP contribution in [0.25, 0.3) is 22.8 Å². The molecular formula is C22H13FN4O2. The average molecular weight is 384 g/mol. The first-order valence-electron chi connectivity index (χ1n) is 8.64. The molecule has 1 amide bonds. The third-order valence-corrected chi connectivity index (χ3v) is 4.17. The first-order chi connectivity index (χ1) is 14.1. The van der Waals surface area contributed by atoms with Crippen molar-refractivity contribution in [2.75, 3.05) is 5.32 Å². The Bertz CT molecular complexity index is 1210. The zero-order chi connectivity index (χ0) is 20.2. The van der Waals surface area contributed by atoms with Crippen LogP contribution in [0.2, 0.25) is 0 Å². The molecule has 29 heavy (non-hydrogen) atoms. The van der Waals surface area contributed by atoms with Crippen LogP contribution in [-0.4, -0.2) is 16.0 Å². The van der Waals surface area contributed by atoms with Crippen LogP contribution < -0.4 is 5.32 Å². The van der Waals surface area contributed by atoms with Crippen LogP contribution in [0.4, 0.5) is 10.1 Å². The molecule has 1 N–H and O–H groups in total. The second kappa shape index (κ2) is 7.74. The predicted molar refractivity (Wildman–Crippen MR) is 104 cm³/mol. The van der Waals surface area contributed by atoms with Crippen molar-refractivity contribution < 1.29 is 13.7 Å². The highest BCUT2D eigenvalue weighted by molar-refractivity contribution is 6.04. The van der Waals surface area contributed by atoms with Gasteiger partial charge in [0.2, 0.25) is 5.82 Å². The summed E-state index contributed by atoms with van der Waals surface area (Å²) in [6, 6.07) is 21.2. The summed E-state index contributed by atoms with van der Waals surface area (Å²) in [7, 11) is 0. The van der Waals surface area contributed by atoms with E-state index in [-0.39, 0.29) is 23.4 Å². The van der Waals surface area contributed by atoms with Gasteiger partial charge >= 0.3 is 0 Å². The molecule has 0 saturated carbocycles. The van der Waals surface area contributed by atoms with Crippen molar-refractivity contribution in [1.82, 2.24) is 10.1 Å². The van der Waals surface area contributed by atoms with Crippen LogP contribution in [0.5, 0.6) is 0 Å². The standard InChI is InChI=1S/C22H13FN4O2/c23-18-3-1-2-17(12-18)20-26-22(29-27-20)16-8-6-15(7-9-16)21(28)25-19-10-4-14(13-24)5-11-19/h1-12H,(H,25,28). The summed E-state index contributed by atoms with van der Waals surface area (Å²) >= 11 is 0. The van der Waals surface area contributed by atoms with Gasteiger partial charge in [-0.15, -0.1) is 0 Å². The number of halogens is 1. The highest BCUT2D eigenvalue weighted by Crippen LogP contribution is 2.23. The Balaban J connectivity index is 1.49. The Morgan fingerprint density at radius 1 is 1.00 bits per heavy atom. The van der Waals surface area contributed by atoms with Crippen molar-refractivity contribution in [2.24, 2.45) is 0 Å². The number of anilines is 1. The number of carbonyl (C=O) groups is 1. The largest absolute Gasteiger partial charge is 0.334 e. The Morgan fingerprint density at radius 2 is 1.76 bits per heavy atom. The normalized spacial score (nSPS) is 10.3. The minimum absolute atomic E-state index is 0.267. The maximum absolute atomic E-state index is 13.4. The van der Waals surface area contributed by atoms with Gasteiger partial charge in [-0.2, -0.15) is 10.2 Å². The molecule has 0 aliphatic rings. The Morgan fingerprint density at radius 3 is 2.45 bits per heavy atom. The Labute approximate surface area is 165 Å². The van der Waals surface area contributed by atoms with Crippen molar-refractivity contribution >= 4 is 11.6 Å². The smallest absolute Gasteiger partial charge is 0.258 e. The maximum Gasteiger partial charge on any atom is 0.258 e. The SMILES string of the molecule is N#Cc1ccc(NC(=O)c2ccc(-c3nc(-c4cccc(F)c4)no3)cc2)cc1. The average Bonchev–Trinajstić information content (AvgIpc) is 3.25. The lowest BCUT2D eigenvalue weighted by Gasteiger charge is -2.05. The second-order valence-electron chi connectivity index (χ2n) is 6.15. The molecule has 7 heteroatoms. The summed E-state index contributed by atoms with van der Waals surface area (Å²) in [5.74, 6) is -0.121. The van der Waals surface area contributed by atoms with Crippen LogP contribution in [0, 0.1) is 17.1 Å². The van der Waals surface area contributed by atoms with Crippen molar-refractivity contribution in [3.63, 3.8) is 0 Å². The third-order valence-electron chi connectivity index (χ3n) is 4.17. The van der Waals surface area contributed by atoms with E-state index in [4.69, 9.17) is 9.78 Å². The van der Waals surface area contributed by atoms with Gasteiger partial charge in [-0.25, -0.2) is 4.39 Å². The molecule has 3 aromatic carbocycles. The number of nitrogens with zero attached hydrogens (tertiary/aromatic N) is 3. The molecule has 4 aromatic rings. The van der Waals surface area contributed by atoms with E-state index in [1.807, 2.05) is 6.07 Å². The van der Waals surface area contributed by atoms with Gasteiger partial charge in [0.25, 0.3) is 11.8 Å². The van der Waals surface area contributed by atoms with E-state index in [0.29, 0.717) is 27.9 Å². The molecule has 4 rings (SSSR count). The molecule has 1 aromatic heterocycles. The number of benzene rings is 3. The lowest BCUT2D eigenvalue weighted by molar-refractivity contribution is 0.102. The highest BCUT2D eigenvalue weighted by atomic mass is 19.1. The van der Waals surface area contributed by atoms with E-state index in [2.05, 4.69) is 15.5 Å². The first kappa shape index (κ1) is 18.1. The predicted octanol–water partition coefficient (Wildman–Crippen LogP) is 4.67. The summed E-state index contributed by atoms with van der Waals surface area (Å²) < 4.78 is 18.6. The lowest BCUT2D eigenvalue weighted by Crippen LogP contribution is -2.11. The molecule has 0 spiro atoms. The summed E-state index contributed by atoms with van der Waals surface area (Å²) in [5, 5.41) is 15.5. The molecule has 0 radical (unpaired) electrons. The van der Waals surface area contributed by atoms with Crippen molar-refractivity contribution in [3.05, 3.63) is 89.7 Å². The van der Waals surface area contributed by atoms with E-state index in [0.717, 1.165) is 0 Å². The van der Waals surface area contributed by atoms with Crippen molar-refractivity contribution in [3.8, 4) is 28.9 Å². The third kappa shape index (κ3) is 4.01. The number of amides is 1. The van der Waals surface area contributed by atoms with Crippen molar-refractivity contribution in [2.45, 2.75) is 0 Å². The zero-order valence-corrected chi connectivity index (χ0v) is 15.0. The second-order valence-corrected chi connectivity index (χ2v) is 6.15. The molecule has 0 aliphatic heterocycles. The summed E-state index contributed by atoms with van der Waals surface area (Å²) in [5.41, 5.74) is 2.70. The molecule has 6 nitrogen and oxygen atoms in total. The van der Waals surface area contributed by atoms with Gasteiger partial charge in [0.05, 0.1) is 11.6 Å². The summed E-state index contributed by atoms with van der Waals surface area (Å²) in [6.45, 7) is 0. The highest BCUT2D eigenvalue weighted by Gasteiger charge is 2.12. The summed E-state index contributed by atoms with van der Waals surface area (Å²) in [6.07, 6.45) is 0. The topological polar surface area (TPSA) is 91.8 Å². The van der Waals surface area contributed by atoms with E-state index in [1.54, 1.807) is 60.7 Å². The van der Waals surface area contributed by atoms with E-state index >= 15 is 0 Å². The number of rotatable bonds is 4. The van der Waals surface area contributed by atoms with Gasteiger partial charge in [-0.1, -0.05) is 17.3 Å². The lowest BCUT2D eigenvalue weighted by atomic mass is 10.1. The molecule has 0 saturated heterocycles. The number of nitrogens with one attached hydrogen (secondary N) is 1. The molecule has 140 valence electrons. The van der Waals surface area contributed by atoms with Gasteiger partial charge < -0.3 is 9.84 Å². The first-order valence-corrected chi connectivity index (χ1v) is 8.64. The molecule has 0 aliphatic carbocycles. The molecule has 0 bridgehead atoms.